The van der Waals surface area contributed by atoms with E-state index < -0.39 is 12.0 Å². The van der Waals surface area contributed by atoms with E-state index in [1.165, 1.54) is 12.8 Å². The van der Waals surface area contributed by atoms with Crippen LogP contribution in [-0.2, 0) is 9.59 Å². The molecule has 6 nitrogen and oxygen atoms in total. The molecule has 1 rings (SSSR count). The maximum atomic E-state index is 11.6. The van der Waals surface area contributed by atoms with Gasteiger partial charge < -0.3 is 21.1 Å². The number of amides is 1. The standard InChI is InChI=1S/C13H25N3O3/c1-10-4-7-16(8-5-10)9-6-15-13(19)11(14)2-3-12(17)18/h10-11H,2-9,14H2,1H3,(H,15,19)(H,17,18). The Kier molecular flexibility index (Phi) is 6.80. The van der Waals surface area contributed by atoms with Gasteiger partial charge in [-0.3, -0.25) is 9.59 Å². The number of carboxylic acids is 1. The number of aliphatic carboxylic acids is 1. The number of hydrogen-bond donors (Lipinski definition) is 3. The Labute approximate surface area is 114 Å². The summed E-state index contributed by atoms with van der Waals surface area (Å²) < 4.78 is 0. The van der Waals surface area contributed by atoms with Crippen molar-refractivity contribution >= 4 is 11.9 Å². The average Bonchev–Trinajstić information content (AvgIpc) is 2.38. The van der Waals surface area contributed by atoms with Gasteiger partial charge in [-0.15, -0.1) is 0 Å². The zero-order chi connectivity index (χ0) is 14.3. The van der Waals surface area contributed by atoms with E-state index in [9.17, 15) is 9.59 Å². The van der Waals surface area contributed by atoms with Gasteiger partial charge in [-0.25, -0.2) is 0 Å². The fourth-order valence-electron chi connectivity index (χ4n) is 2.16. The number of carbonyl (C=O) groups is 2. The van der Waals surface area contributed by atoms with E-state index in [-0.39, 0.29) is 18.7 Å². The minimum absolute atomic E-state index is 0.0708. The van der Waals surface area contributed by atoms with Gasteiger partial charge in [0.05, 0.1) is 6.04 Å². The second-order valence-corrected chi connectivity index (χ2v) is 5.35. The summed E-state index contributed by atoms with van der Waals surface area (Å²) in [7, 11) is 0. The monoisotopic (exact) mass is 271 g/mol. The van der Waals surface area contributed by atoms with Gasteiger partial charge in [-0.05, 0) is 38.3 Å². The number of piperidine rings is 1. The van der Waals surface area contributed by atoms with Crippen molar-refractivity contribution in [3.63, 3.8) is 0 Å². The largest absolute Gasteiger partial charge is 0.481 e. The van der Waals surface area contributed by atoms with Crippen LogP contribution in [0.25, 0.3) is 0 Å². The highest BCUT2D eigenvalue weighted by Gasteiger charge is 2.17. The van der Waals surface area contributed by atoms with Gasteiger partial charge in [0.2, 0.25) is 5.91 Å². The van der Waals surface area contributed by atoms with Crippen molar-refractivity contribution in [2.45, 2.75) is 38.6 Å². The van der Waals surface area contributed by atoms with Gasteiger partial charge in [-0.1, -0.05) is 6.92 Å². The molecule has 0 aromatic rings. The van der Waals surface area contributed by atoms with E-state index in [4.69, 9.17) is 10.8 Å². The quantitative estimate of drug-likeness (QED) is 0.607. The summed E-state index contributed by atoms with van der Waals surface area (Å²) >= 11 is 0. The minimum Gasteiger partial charge on any atom is -0.481 e. The Morgan fingerprint density at radius 3 is 2.63 bits per heavy atom. The minimum atomic E-state index is -0.925. The van der Waals surface area contributed by atoms with Crippen LogP contribution in [0.2, 0.25) is 0 Å². The Hall–Kier alpha value is -1.14. The number of nitrogens with one attached hydrogen (secondary N) is 1. The van der Waals surface area contributed by atoms with Crippen LogP contribution in [-0.4, -0.2) is 54.1 Å². The van der Waals surface area contributed by atoms with Crippen molar-refractivity contribution in [1.29, 1.82) is 0 Å². The summed E-state index contributed by atoms with van der Waals surface area (Å²) in [5.41, 5.74) is 5.61. The molecule has 1 atom stereocenters. The number of carbonyl (C=O) groups excluding carboxylic acids is 1. The first-order valence-corrected chi connectivity index (χ1v) is 6.96. The lowest BCUT2D eigenvalue weighted by Gasteiger charge is -2.30. The summed E-state index contributed by atoms with van der Waals surface area (Å²) in [5, 5.41) is 11.3. The number of hydrogen-bond acceptors (Lipinski definition) is 4. The SMILES string of the molecule is CC1CCN(CCNC(=O)C(N)CCC(=O)O)CC1. The summed E-state index contributed by atoms with van der Waals surface area (Å²) in [6.45, 7) is 5.85. The zero-order valence-corrected chi connectivity index (χ0v) is 11.6. The predicted octanol–water partition coefficient (Wildman–Crippen LogP) is 0.0266. The molecule has 0 aromatic heterocycles. The summed E-state index contributed by atoms with van der Waals surface area (Å²) in [4.78, 5) is 24.3. The maximum absolute atomic E-state index is 11.6. The molecule has 6 heteroatoms. The number of rotatable bonds is 7. The highest BCUT2D eigenvalue weighted by atomic mass is 16.4. The molecular formula is C13H25N3O3. The summed E-state index contributed by atoms with van der Waals surface area (Å²) in [6.07, 6.45) is 2.54. The average molecular weight is 271 g/mol. The van der Waals surface area contributed by atoms with Gasteiger partial charge in [0, 0.05) is 19.5 Å². The van der Waals surface area contributed by atoms with Gasteiger partial charge in [0.15, 0.2) is 0 Å². The highest BCUT2D eigenvalue weighted by molar-refractivity contribution is 5.82. The lowest BCUT2D eigenvalue weighted by atomic mass is 9.99. The molecule has 1 amide bonds. The van der Waals surface area contributed by atoms with E-state index in [1.807, 2.05) is 0 Å². The smallest absolute Gasteiger partial charge is 0.303 e. The van der Waals surface area contributed by atoms with Crippen molar-refractivity contribution in [3.8, 4) is 0 Å². The lowest BCUT2D eigenvalue weighted by molar-refractivity contribution is -0.137. The molecule has 0 aromatic carbocycles. The van der Waals surface area contributed by atoms with Crippen LogP contribution in [0.4, 0.5) is 0 Å². The number of likely N-dealkylation sites (tertiary alicyclic amines) is 1. The molecule has 1 fully saturated rings. The van der Waals surface area contributed by atoms with Crippen molar-refractivity contribution in [2.24, 2.45) is 11.7 Å². The third-order valence-corrected chi connectivity index (χ3v) is 3.61. The van der Waals surface area contributed by atoms with Crippen LogP contribution in [0.3, 0.4) is 0 Å². The highest BCUT2D eigenvalue weighted by Crippen LogP contribution is 2.14. The molecule has 0 saturated carbocycles. The summed E-state index contributed by atoms with van der Waals surface area (Å²) in [6, 6.07) is -0.725. The van der Waals surface area contributed by atoms with Crippen molar-refractivity contribution in [2.75, 3.05) is 26.2 Å². The predicted molar refractivity (Wildman–Crippen MR) is 72.7 cm³/mol. The van der Waals surface area contributed by atoms with E-state index in [2.05, 4.69) is 17.1 Å². The number of nitrogens with two attached hydrogens (primary N) is 1. The fourth-order valence-corrected chi connectivity index (χ4v) is 2.16. The van der Waals surface area contributed by atoms with Gasteiger partial charge >= 0.3 is 5.97 Å². The zero-order valence-electron chi connectivity index (χ0n) is 11.6. The molecule has 110 valence electrons. The van der Waals surface area contributed by atoms with E-state index in [0.717, 1.165) is 25.6 Å². The molecule has 4 N–H and O–H groups in total. The Morgan fingerprint density at radius 1 is 1.42 bits per heavy atom. The first-order valence-electron chi connectivity index (χ1n) is 6.96. The normalized spacial score (nSPS) is 19.1. The van der Waals surface area contributed by atoms with Crippen LogP contribution >= 0.6 is 0 Å². The molecule has 0 aliphatic carbocycles. The molecule has 1 heterocycles. The molecule has 19 heavy (non-hydrogen) atoms. The molecule has 0 bridgehead atoms. The van der Waals surface area contributed by atoms with Crippen molar-refractivity contribution in [1.82, 2.24) is 10.2 Å². The second kappa shape index (κ2) is 8.12. The molecule has 1 aliphatic heterocycles. The molecule has 1 unspecified atom stereocenters. The third-order valence-electron chi connectivity index (χ3n) is 3.61. The third kappa shape index (κ3) is 6.54. The van der Waals surface area contributed by atoms with Gasteiger partial charge in [0.1, 0.15) is 0 Å². The van der Waals surface area contributed by atoms with Crippen LogP contribution in [0, 0.1) is 5.92 Å². The van der Waals surface area contributed by atoms with E-state index >= 15 is 0 Å². The van der Waals surface area contributed by atoms with Gasteiger partial charge in [0.25, 0.3) is 0 Å². The summed E-state index contributed by atoms with van der Waals surface area (Å²) in [5.74, 6) is -0.382. The number of carboxylic acid groups (broad SMARTS) is 1. The number of nitrogens with zero attached hydrogens (tertiary/aromatic N) is 1. The lowest BCUT2D eigenvalue weighted by Crippen LogP contribution is -2.44. The first kappa shape index (κ1) is 15.9. The van der Waals surface area contributed by atoms with Crippen LogP contribution in [0.5, 0.6) is 0 Å². The molecule has 0 radical (unpaired) electrons. The van der Waals surface area contributed by atoms with Crippen LogP contribution in [0.1, 0.15) is 32.6 Å². The fraction of sp³-hybridized carbons (Fsp3) is 0.846. The maximum Gasteiger partial charge on any atom is 0.303 e. The Morgan fingerprint density at radius 2 is 2.05 bits per heavy atom. The molecule has 1 aliphatic rings. The van der Waals surface area contributed by atoms with Crippen molar-refractivity contribution in [3.05, 3.63) is 0 Å². The second-order valence-electron chi connectivity index (χ2n) is 5.35. The van der Waals surface area contributed by atoms with Gasteiger partial charge in [-0.2, -0.15) is 0 Å². The van der Waals surface area contributed by atoms with Crippen molar-refractivity contribution < 1.29 is 14.7 Å². The van der Waals surface area contributed by atoms with Crippen LogP contribution < -0.4 is 11.1 Å². The van der Waals surface area contributed by atoms with E-state index in [0.29, 0.717) is 6.54 Å². The molecule has 0 spiro atoms. The topological polar surface area (TPSA) is 95.7 Å². The Balaban J connectivity index is 2.11. The first-order chi connectivity index (χ1) is 8.99. The van der Waals surface area contributed by atoms with E-state index in [1.54, 1.807) is 0 Å². The van der Waals surface area contributed by atoms with Crippen LogP contribution in [0.15, 0.2) is 0 Å². The molecular weight excluding hydrogens is 246 g/mol. The Bertz CT molecular complexity index is 302. The molecule has 1 saturated heterocycles.